The minimum absolute atomic E-state index is 0.104. The third-order valence-corrected chi connectivity index (χ3v) is 3.32. The zero-order valence-corrected chi connectivity index (χ0v) is 13.4. The first-order valence-electron chi connectivity index (χ1n) is 7.23. The molecule has 0 aliphatic rings. The summed E-state index contributed by atoms with van der Waals surface area (Å²) in [5.74, 6) is -0.0195. The van der Waals surface area contributed by atoms with Crippen LogP contribution >= 0.6 is 0 Å². The van der Waals surface area contributed by atoms with Crippen LogP contribution in [0.3, 0.4) is 0 Å². The van der Waals surface area contributed by atoms with Crippen LogP contribution in [0.4, 0.5) is 5.69 Å². The molecule has 2 rings (SSSR count). The monoisotopic (exact) mass is 323 g/mol. The van der Waals surface area contributed by atoms with Gasteiger partial charge in [0.1, 0.15) is 5.75 Å². The first kappa shape index (κ1) is 17.0. The number of hydrogen-bond donors (Lipinski definition) is 1. The number of hydrogen-bond acceptors (Lipinski definition) is 4. The van der Waals surface area contributed by atoms with Gasteiger partial charge in [0.05, 0.1) is 25.3 Å². The largest absolute Gasteiger partial charge is 0.497 e. The van der Waals surface area contributed by atoms with Gasteiger partial charge in [-0.15, -0.1) is 0 Å². The number of ether oxygens (including phenoxy) is 1. The predicted molar refractivity (Wildman–Crippen MR) is 89.7 cm³/mol. The Hall–Kier alpha value is -3.33. The molecule has 0 aliphatic carbocycles. The maximum atomic E-state index is 12.3. The van der Waals surface area contributed by atoms with E-state index in [1.165, 1.54) is 18.0 Å². The number of amides is 2. The summed E-state index contributed by atoms with van der Waals surface area (Å²) in [5.41, 5.74) is 1.35. The molecule has 0 saturated heterocycles. The number of benzene rings is 2. The summed E-state index contributed by atoms with van der Waals surface area (Å²) in [6.45, 7) is -0.104. The molecule has 122 valence electrons. The van der Waals surface area contributed by atoms with Gasteiger partial charge in [-0.1, -0.05) is 12.1 Å². The number of methoxy groups -OCH3 is 1. The SMILES string of the molecule is COc1cccc(NC(=O)CN(C)C(=O)c2cccc(C#N)c2)c1. The maximum absolute atomic E-state index is 12.3. The highest BCUT2D eigenvalue weighted by atomic mass is 16.5. The summed E-state index contributed by atoms with van der Waals surface area (Å²) >= 11 is 0. The van der Waals surface area contributed by atoms with Crippen LogP contribution in [0, 0.1) is 11.3 Å². The van der Waals surface area contributed by atoms with E-state index in [9.17, 15) is 9.59 Å². The second-order valence-electron chi connectivity index (χ2n) is 5.13. The van der Waals surface area contributed by atoms with Gasteiger partial charge in [0.25, 0.3) is 5.91 Å². The molecule has 2 aromatic carbocycles. The topological polar surface area (TPSA) is 82.4 Å². The summed E-state index contributed by atoms with van der Waals surface area (Å²) < 4.78 is 5.09. The first-order valence-corrected chi connectivity index (χ1v) is 7.23. The molecule has 0 bridgehead atoms. The molecule has 0 radical (unpaired) electrons. The van der Waals surface area contributed by atoms with E-state index in [1.807, 2.05) is 6.07 Å². The van der Waals surface area contributed by atoms with Gasteiger partial charge in [-0.2, -0.15) is 5.26 Å². The Balaban J connectivity index is 2.00. The van der Waals surface area contributed by atoms with Gasteiger partial charge in [-0.05, 0) is 30.3 Å². The van der Waals surface area contributed by atoms with Crippen LogP contribution in [0.15, 0.2) is 48.5 Å². The Morgan fingerprint density at radius 1 is 1.21 bits per heavy atom. The van der Waals surface area contributed by atoms with Crippen LogP contribution < -0.4 is 10.1 Å². The standard InChI is InChI=1S/C18H17N3O3/c1-21(18(23)14-6-3-5-13(9-14)11-19)12-17(22)20-15-7-4-8-16(10-15)24-2/h3-10H,12H2,1-2H3,(H,20,22). The molecule has 0 unspecified atom stereocenters. The fourth-order valence-electron chi connectivity index (χ4n) is 2.13. The molecule has 2 amide bonds. The van der Waals surface area contributed by atoms with E-state index in [2.05, 4.69) is 5.32 Å². The van der Waals surface area contributed by atoms with Crippen LogP contribution in [-0.2, 0) is 4.79 Å². The van der Waals surface area contributed by atoms with Gasteiger partial charge < -0.3 is 15.0 Å². The number of nitrogens with one attached hydrogen (secondary N) is 1. The lowest BCUT2D eigenvalue weighted by atomic mass is 10.1. The van der Waals surface area contributed by atoms with E-state index >= 15 is 0 Å². The molecular weight excluding hydrogens is 306 g/mol. The van der Waals surface area contributed by atoms with Gasteiger partial charge >= 0.3 is 0 Å². The van der Waals surface area contributed by atoms with Gasteiger partial charge in [-0.3, -0.25) is 9.59 Å². The van der Waals surface area contributed by atoms with Crippen molar-refractivity contribution in [1.82, 2.24) is 4.90 Å². The average Bonchev–Trinajstić information content (AvgIpc) is 2.61. The van der Waals surface area contributed by atoms with E-state index in [0.717, 1.165) is 0 Å². The zero-order valence-electron chi connectivity index (χ0n) is 13.4. The molecule has 2 aromatic rings. The van der Waals surface area contributed by atoms with Crippen LogP contribution in [-0.4, -0.2) is 37.4 Å². The van der Waals surface area contributed by atoms with Crippen molar-refractivity contribution in [3.05, 3.63) is 59.7 Å². The average molecular weight is 323 g/mol. The second-order valence-corrected chi connectivity index (χ2v) is 5.13. The van der Waals surface area contributed by atoms with Crippen molar-refractivity contribution in [2.45, 2.75) is 0 Å². The van der Waals surface area contributed by atoms with Gasteiger partial charge in [0, 0.05) is 24.4 Å². The van der Waals surface area contributed by atoms with E-state index in [1.54, 1.807) is 49.6 Å². The Labute approximate surface area is 140 Å². The van der Waals surface area contributed by atoms with Crippen molar-refractivity contribution in [2.24, 2.45) is 0 Å². The smallest absolute Gasteiger partial charge is 0.254 e. The van der Waals surface area contributed by atoms with Crippen molar-refractivity contribution in [3.8, 4) is 11.8 Å². The Bertz CT molecular complexity index is 796. The molecule has 0 atom stereocenters. The van der Waals surface area contributed by atoms with Crippen molar-refractivity contribution in [1.29, 1.82) is 5.26 Å². The summed E-state index contributed by atoms with van der Waals surface area (Å²) in [6.07, 6.45) is 0. The van der Waals surface area contributed by atoms with Crippen LogP contribution in [0.1, 0.15) is 15.9 Å². The molecule has 0 aliphatic heterocycles. The molecule has 6 heteroatoms. The van der Waals surface area contributed by atoms with Crippen molar-refractivity contribution < 1.29 is 14.3 Å². The molecule has 0 fully saturated rings. The zero-order chi connectivity index (χ0) is 17.5. The number of anilines is 1. The minimum atomic E-state index is -0.326. The van der Waals surface area contributed by atoms with Crippen molar-refractivity contribution in [3.63, 3.8) is 0 Å². The second kappa shape index (κ2) is 7.79. The molecule has 6 nitrogen and oxygen atoms in total. The molecule has 0 spiro atoms. The third-order valence-electron chi connectivity index (χ3n) is 3.32. The van der Waals surface area contributed by atoms with Crippen molar-refractivity contribution >= 4 is 17.5 Å². The lowest BCUT2D eigenvalue weighted by Crippen LogP contribution is -2.34. The highest BCUT2D eigenvalue weighted by Gasteiger charge is 2.15. The minimum Gasteiger partial charge on any atom is -0.497 e. The summed E-state index contributed by atoms with van der Waals surface area (Å²) in [6, 6.07) is 15.3. The molecular formula is C18H17N3O3. The summed E-state index contributed by atoms with van der Waals surface area (Å²) in [5, 5.41) is 11.6. The van der Waals surface area contributed by atoms with Gasteiger partial charge in [-0.25, -0.2) is 0 Å². The number of carbonyl (C=O) groups excluding carboxylic acids is 2. The number of nitrogens with zero attached hydrogens (tertiary/aromatic N) is 2. The number of nitriles is 1. The highest BCUT2D eigenvalue weighted by molar-refractivity contribution is 5.99. The Morgan fingerprint density at radius 2 is 1.96 bits per heavy atom. The number of rotatable bonds is 5. The molecule has 24 heavy (non-hydrogen) atoms. The quantitative estimate of drug-likeness (QED) is 0.915. The third kappa shape index (κ3) is 4.34. The molecule has 0 heterocycles. The molecule has 0 saturated carbocycles. The van der Waals surface area contributed by atoms with Crippen LogP contribution in [0.25, 0.3) is 0 Å². The number of likely N-dealkylation sites (N-methyl/N-ethyl adjacent to an activating group) is 1. The highest BCUT2D eigenvalue weighted by Crippen LogP contribution is 2.16. The van der Waals surface area contributed by atoms with E-state index < -0.39 is 0 Å². The lowest BCUT2D eigenvalue weighted by Gasteiger charge is -2.17. The van der Waals surface area contributed by atoms with E-state index in [-0.39, 0.29) is 18.4 Å². The van der Waals surface area contributed by atoms with Crippen LogP contribution in [0.2, 0.25) is 0 Å². The van der Waals surface area contributed by atoms with Crippen molar-refractivity contribution in [2.75, 3.05) is 26.0 Å². The Morgan fingerprint density at radius 3 is 2.67 bits per heavy atom. The van der Waals surface area contributed by atoms with E-state index in [4.69, 9.17) is 10.00 Å². The fraction of sp³-hybridized carbons (Fsp3) is 0.167. The fourth-order valence-corrected chi connectivity index (χ4v) is 2.13. The van der Waals surface area contributed by atoms with Gasteiger partial charge in [0.15, 0.2) is 0 Å². The number of carbonyl (C=O) groups is 2. The Kier molecular flexibility index (Phi) is 5.53. The normalized spacial score (nSPS) is 9.71. The maximum Gasteiger partial charge on any atom is 0.254 e. The molecule has 1 N–H and O–H groups in total. The summed E-state index contributed by atoms with van der Waals surface area (Å²) in [7, 11) is 3.08. The molecule has 0 aromatic heterocycles. The van der Waals surface area contributed by atoms with E-state index in [0.29, 0.717) is 22.6 Å². The van der Waals surface area contributed by atoms with Gasteiger partial charge in [0.2, 0.25) is 5.91 Å². The summed E-state index contributed by atoms with van der Waals surface area (Å²) in [4.78, 5) is 25.7. The first-order chi connectivity index (χ1) is 11.5. The van der Waals surface area contributed by atoms with Crippen LogP contribution in [0.5, 0.6) is 5.75 Å². The lowest BCUT2D eigenvalue weighted by molar-refractivity contribution is -0.116. The predicted octanol–water partition coefficient (Wildman–Crippen LogP) is 2.28.